The standard InChI is InChI=1S/C15H16BrN3/c16-13-9-12(17)5-6-15(13)19-8-2-4-14(19)11-3-1-7-18-10-11/h1,3,5-7,9-10,14H,2,4,8,17H2. The highest BCUT2D eigenvalue weighted by molar-refractivity contribution is 9.10. The fourth-order valence-corrected chi connectivity index (χ4v) is 3.36. The fraction of sp³-hybridized carbons (Fsp3) is 0.267. The molecule has 2 heterocycles. The second-order valence-electron chi connectivity index (χ2n) is 4.85. The lowest BCUT2D eigenvalue weighted by molar-refractivity contribution is 0.714. The molecule has 2 aromatic rings. The van der Waals surface area contributed by atoms with Crippen LogP contribution in [-0.2, 0) is 0 Å². The Morgan fingerprint density at radius 1 is 1.32 bits per heavy atom. The minimum atomic E-state index is 0.411. The van der Waals surface area contributed by atoms with Gasteiger partial charge >= 0.3 is 0 Å². The van der Waals surface area contributed by atoms with Gasteiger partial charge in [0, 0.05) is 29.1 Å². The van der Waals surface area contributed by atoms with E-state index in [1.807, 2.05) is 30.6 Å². The van der Waals surface area contributed by atoms with E-state index in [9.17, 15) is 0 Å². The predicted octanol–water partition coefficient (Wildman–Crippen LogP) is 3.77. The number of aromatic nitrogens is 1. The first kappa shape index (κ1) is 12.5. The summed E-state index contributed by atoms with van der Waals surface area (Å²) in [5.41, 5.74) is 9.09. The zero-order chi connectivity index (χ0) is 13.2. The van der Waals surface area contributed by atoms with Crippen LogP contribution in [0.25, 0.3) is 0 Å². The molecule has 2 N–H and O–H groups in total. The van der Waals surface area contributed by atoms with Gasteiger partial charge in [-0.2, -0.15) is 0 Å². The smallest absolute Gasteiger partial charge is 0.0558 e. The summed E-state index contributed by atoms with van der Waals surface area (Å²) in [6.45, 7) is 1.07. The molecule has 3 rings (SSSR count). The van der Waals surface area contributed by atoms with Crippen LogP contribution < -0.4 is 10.6 Å². The van der Waals surface area contributed by atoms with Crippen molar-refractivity contribution >= 4 is 27.3 Å². The summed E-state index contributed by atoms with van der Waals surface area (Å²) in [4.78, 5) is 6.67. The number of halogens is 1. The molecule has 1 unspecified atom stereocenters. The SMILES string of the molecule is Nc1ccc(N2CCCC2c2cccnc2)c(Br)c1. The van der Waals surface area contributed by atoms with E-state index < -0.39 is 0 Å². The van der Waals surface area contributed by atoms with Crippen LogP contribution in [0.15, 0.2) is 47.2 Å². The maximum atomic E-state index is 5.81. The third kappa shape index (κ3) is 2.45. The largest absolute Gasteiger partial charge is 0.399 e. The first-order valence-electron chi connectivity index (χ1n) is 6.47. The van der Waals surface area contributed by atoms with Gasteiger partial charge in [0.1, 0.15) is 0 Å². The van der Waals surface area contributed by atoms with Crippen molar-refractivity contribution in [1.29, 1.82) is 0 Å². The van der Waals surface area contributed by atoms with Crippen LogP contribution in [-0.4, -0.2) is 11.5 Å². The Morgan fingerprint density at radius 2 is 2.21 bits per heavy atom. The zero-order valence-electron chi connectivity index (χ0n) is 10.6. The van der Waals surface area contributed by atoms with Crippen molar-refractivity contribution in [3.8, 4) is 0 Å². The van der Waals surface area contributed by atoms with Crippen molar-refractivity contribution in [2.75, 3.05) is 17.2 Å². The van der Waals surface area contributed by atoms with E-state index in [1.165, 1.54) is 24.1 Å². The first-order valence-corrected chi connectivity index (χ1v) is 7.26. The maximum absolute atomic E-state index is 5.81. The van der Waals surface area contributed by atoms with Crippen molar-refractivity contribution in [2.24, 2.45) is 0 Å². The fourth-order valence-electron chi connectivity index (χ4n) is 2.73. The van der Waals surface area contributed by atoms with Gasteiger partial charge in [0.15, 0.2) is 0 Å². The van der Waals surface area contributed by atoms with Crippen molar-refractivity contribution in [3.05, 3.63) is 52.8 Å². The van der Waals surface area contributed by atoms with E-state index in [-0.39, 0.29) is 0 Å². The highest BCUT2D eigenvalue weighted by atomic mass is 79.9. The molecule has 0 bridgehead atoms. The Bertz CT molecular complexity index is 571. The Morgan fingerprint density at radius 3 is 2.95 bits per heavy atom. The number of nitrogens with zero attached hydrogens (tertiary/aromatic N) is 2. The number of hydrogen-bond acceptors (Lipinski definition) is 3. The van der Waals surface area contributed by atoms with Crippen LogP contribution >= 0.6 is 15.9 Å². The topological polar surface area (TPSA) is 42.1 Å². The summed E-state index contributed by atoms with van der Waals surface area (Å²) in [5, 5.41) is 0. The van der Waals surface area contributed by atoms with Crippen LogP contribution in [0.3, 0.4) is 0 Å². The van der Waals surface area contributed by atoms with Crippen molar-refractivity contribution < 1.29 is 0 Å². The van der Waals surface area contributed by atoms with Gasteiger partial charge in [0.05, 0.1) is 11.7 Å². The summed E-state index contributed by atoms with van der Waals surface area (Å²) >= 11 is 3.62. The van der Waals surface area contributed by atoms with Gasteiger partial charge in [-0.15, -0.1) is 0 Å². The van der Waals surface area contributed by atoms with E-state index in [2.05, 4.69) is 37.9 Å². The Labute approximate surface area is 121 Å². The molecule has 1 fully saturated rings. The van der Waals surface area contributed by atoms with E-state index in [4.69, 9.17) is 5.73 Å². The molecule has 0 spiro atoms. The number of benzene rings is 1. The van der Waals surface area contributed by atoms with Crippen molar-refractivity contribution in [2.45, 2.75) is 18.9 Å². The number of anilines is 2. The molecule has 1 atom stereocenters. The van der Waals surface area contributed by atoms with Gasteiger partial charge in [-0.05, 0) is 58.6 Å². The van der Waals surface area contributed by atoms with Gasteiger partial charge in [-0.3, -0.25) is 4.98 Å². The molecule has 3 nitrogen and oxygen atoms in total. The van der Waals surface area contributed by atoms with E-state index >= 15 is 0 Å². The van der Waals surface area contributed by atoms with E-state index in [0.29, 0.717) is 6.04 Å². The Hall–Kier alpha value is -1.55. The zero-order valence-corrected chi connectivity index (χ0v) is 12.2. The number of nitrogen functional groups attached to an aromatic ring is 1. The molecule has 98 valence electrons. The van der Waals surface area contributed by atoms with E-state index in [1.54, 1.807) is 0 Å². The molecule has 1 aromatic carbocycles. The minimum Gasteiger partial charge on any atom is -0.399 e. The van der Waals surface area contributed by atoms with Crippen molar-refractivity contribution in [1.82, 2.24) is 4.98 Å². The normalized spacial score (nSPS) is 18.8. The van der Waals surface area contributed by atoms with Gasteiger partial charge in [0.25, 0.3) is 0 Å². The molecule has 0 amide bonds. The lowest BCUT2D eigenvalue weighted by Crippen LogP contribution is -2.23. The molecule has 4 heteroatoms. The lowest BCUT2D eigenvalue weighted by atomic mass is 10.1. The highest BCUT2D eigenvalue weighted by Crippen LogP contribution is 2.39. The highest BCUT2D eigenvalue weighted by Gasteiger charge is 2.27. The quantitative estimate of drug-likeness (QED) is 0.857. The molecule has 0 saturated carbocycles. The monoisotopic (exact) mass is 317 g/mol. The summed E-state index contributed by atoms with van der Waals surface area (Å²) in [5.74, 6) is 0. The maximum Gasteiger partial charge on any atom is 0.0558 e. The van der Waals surface area contributed by atoms with Crippen LogP contribution in [0, 0.1) is 0 Å². The number of hydrogen-bond donors (Lipinski definition) is 1. The van der Waals surface area contributed by atoms with Crippen LogP contribution in [0.1, 0.15) is 24.4 Å². The number of nitrogens with two attached hydrogens (primary N) is 1. The summed E-state index contributed by atoms with van der Waals surface area (Å²) in [6.07, 6.45) is 6.16. The molecule has 1 aromatic heterocycles. The summed E-state index contributed by atoms with van der Waals surface area (Å²) in [7, 11) is 0. The van der Waals surface area contributed by atoms with Crippen LogP contribution in [0.4, 0.5) is 11.4 Å². The molecule has 0 radical (unpaired) electrons. The summed E-state index contributed by atoms with van der Waals surface area (Å²) < 4.78 is 1.06. The number of rotatable bonds is 2. The third-order valence-electron chi connectivity index (χ3n) is 3.60. The average Bonchev–Trinajstić information content (AvgIpc) is 2.89. The van der Waals surface area contributed by atoms with Crippen LogP contribution in [0.2, 0.25) is 0 Å². The molecule has 19 heavy (non-hydrogen) atoms. The summed E-state index contributed by atoms with van der Waals surface area (Å²) in [6, 6.07) is 10.6. The van der Waals surface area contributed by atoms with Crippen molar-refractivity contribution in [3.63, 3.8) is 0 Å². The molecule has 0 aliphatic carbocycles. The first-order chi connectivity index (χ1) is 9.25. The Kier molecular flexibility index (Phi) is 3.42. The predicted molar refractivity (Wildman–Crippen MR) is 82.1 cm³/mol. The van der Waals surface area contributed by atoms with Gasteiger partial charge in [0.2, 0.25) is 0 Å². The number of pyridine rings is 1. The molecule has 1 aliphatic heterocycles. The minimum absolute atomic E-state index is 0.411. The van der Waals surface area contributed by atoms with Gasteiger partial charge < -0.3 is 10.6 Å². The molecular weight excluding hydrogens is 302 g/mol. The second kappa shape index (κ2) is 5.21. The third-order valence-corrected chi connectivity index (χ3v) is 4.24. The molecular formula is C15H16BrN3. The lowest BCUT2D eigenvalue weighted by Gasteiger charge is -2.28. The van der Waals surface area contributed by atoms with Crippen LogP contribution in [0.5, 0.6) is 0 Å². The molecule has 1 aliphatic rings. The van der Waals surface area contributed by atoms with E-state index in [0.717, 1.165) is 16.7 Å². The average molecular weight is 318 g/mol. The van der Waals surface area contributed by atoms with Gasteiger partial charge in [-0.25, -0.2) is 0 Å². The Balaban J connectivity index is 1.95. The second-order valence-corrected chi connectivity index (χ2v) is 5.70. The van der Waals surface area contributed by atoms with Gasteiger partial charge in [-0.1, -0.05) is 6.07 Å². The molecule has 1 saturated heterocycles.